The Morgan fingerprint density at radius 1 is 1.09 bits per heavy atom. The van der Waals surface area contributed by atoms with Gasteiger partial charge in [0.15, 0.2) is 0 Å². The van der Waals surface area contributed by atoms with Crippen molar-refractivity contribution in [3.63, 3.8) is 0 Å². The minimum atomic E-state index is -1.74. The number of hydrogen-bond donors (Lipinski definition) is 1. The molecule has 4 atom stereocenters. The first kappa shape index (κ1) is 25.0. The van der Waals surface area contributed by atoms with Gasteiger partial charge >= 0.3 is 5.97 Å². The zero-order valence-corrected chi connectivity index (χ0v) is 22.6. The van der Waals surface area contributed by atoms with Crippen LogP contribution >= 0.6 is 34.3 Å². The van der Waals surface area contributed by atoms with Crippen molar-refractivity contribution in [1.82, 2.24) is 0 Å². The molecule has 1 N–H and O–H groups in total. The molecule has 35 heavy (non-hydrogen) atoms. The lowest BCUT2D eigenvalue weighted by molar-refractivity contribution is -0.918. The number of benzene rings is 1. The quantitative estimate of drug-likeness (QED) is 0.268. The predicted molar refractivity (Wildman–Crippen MR) is 143 cm³/mol. The highest BCUT2D eigenvalue weighted by Gasteiger charge is 2.57. The predicted octanol–water partition coefficient (Wildman–Crippen LogP) is 6.12. The second kappa shape index (κ2) is 9.98. The molecule has 2 aliphatic carbocycles. The second-order valence-electron chi connectivity index (χ2n) is 10.5. The number of esters is 1. The lowest BCUT2D eigenvalue weighted by atomic mass is 9.92. The van der Waals surface area contributed by atoms with Crippen LogP contribution in [0.1, 0.15) is 41.0 Å². The second-order valence-corrected chi connectivity index (χ2v) is 12.8. The Bertz CT molecular complexity index is 1110. The Hall–Kier alpha value is -1.70. The molecular weight excluding hydrogens is 498 g/mol. The summed E-state index contributed by atoms with van der Waals surface area (Å²) in [5.74, 6) is 0.162. The summed E-state index contributed by atoms with van der Waals surface area (Å²) in [6.07, 6.45) is 5.14. The van der Waals surface area contributed by atoms with Gasteiger partial charge in [0, 0.05) is 29.7 Å². The Morgan fingerprint density at radius 2 is 1.77 bits per heavy atom. The van der Waals surface area contributed by atoms with Crippen LogP contribution in [0.4, 0.5) is 0 Å². The van der Waals surface area contributed by atoms with E-state index in [0.29, 0.717) is 27.6 Å². The van der Waals surface area contributed by atoms with Gasteiger partial charge in [0.1, 0.15) is 6.10 Å². The molecule has 2 saturated carbocycles. The molecule has 2 aromatic heterocycles. The smallest absolute Gasteiger partial charge is 0.349 e. The molecule has 0 saturated heterocycles. The standard InChI is InChI=1S/C28H33ClNO3S2/c1-30(2,15-5-9-19-8-3-4-10-22(19)29)23-18-20-13-14-21(23)26(20)33-27(31)28(32,24-11-6-16-34-24)25-12-7-17-35-25/h3-4,6-8,10-12,16-17,20-21,23,26,32H,5,9,13-15,18H2,1-2H3/q+1/t20?,21?,23-,26?/m0/s1. The first-order chi connectivity index (χ1) is 16.8. The number of hydrogen-bond acceptors (Lipinski definition) is 5. The van der Waals surface area contributed by atoms with Crippen LogP contribution in [0, 0.1) is 11.8 Å². The molecule has 4 nitrogen and oxygen atoms in total. The third kappa shape index (κ3) is 4.72. The largest absolute Gasteiger partial charge is 0.459 e. The van der Waals surface area contributed by atoms with Crippen LogP contribution in [0.2, 0.25) is 5.02 Å². The average molecular weight is 531 g/mol. The van der Waals surface area contributed by atoms with Gasteiger partial charge in [-0.1, -0.05) is 41.9 Å². The number of carbonyl (C=O) groups excluding carboxylic acids is 1. The molecule has 0 aliphatic heterocycles. The van der Waals surface area contributed by atoms with E-state index >= 15 is 0 Å². The minimum absolute atomic E-state index is 0.125. The normalized spacial score (nSPS) is 24.1. The summed E-state index contributed by atoms with van der Waals surface area (Å²) in [7, 11) is 4.62. The van der Waals surface area contributed by atoms with Gasteiger partial charge in [-0.05, 0) is 53.8 Å². The molecule has 2 fully saturated rings. The van der Waals surface area contributed by atoms with E-state index in [2.05, 4.69) is 20.2 Å². The summed E-state index contributed by atoms with van der Waals surface area (Å²) in [5, 5.41) is 16.3. The van der Waals surface area contributed by atoms with E-state index in [0.717, 1.165) is 48.2 Å². The van der Waals surface area contributed by atoms with Crippen LogP contribution in [0.3, 0.4) is 0 Å². The number of carbonyl (C=O) groups is 1. The highest BCUT2D eigenvalue weighted by Crippen LogP contribution is 2.51. The summed E-state index contributed by atoms with van der Waals surface area (Å²) >= 11 is 9.13. The Morgan fingerprint density at radius 3 is 2.40 bits per heavy atom. The van der Waals surface area contributed by atoms with Crippen molar-refractivity contribution in [3.8, 4) is 0 Å². The van der Waals surface area contributed by atoms with Crippen molar-refractivity contribution in [2.45, 2.75) is 49.9 Å². The summed E-state index contributed by atoms with van der Waals surface area (Å²) in [6, 6.07) is 15.9. The zero-order chi connectivity index (χ0) is 24.6. The summed E-state index contributed by atoms with van der Waals surface area (Å²) < 4.78 is 7.14. The van der Waals surface area contributed by atoms with E-state index in [-0.39, 0.29) is 6.10 Å². The van der Waals surface area contributed by atoms with Gasteiger partial charge in [0.2, 0.25) is 5.60 Å². The van der Waals surface area contributed by atoms with Crippen LogP contribution < -0.4 is 0 Å². The van der Waals surface area contributed by atoms with Gasteiger partial charge in [-0.25, -0.2) is 4.79 Å². The Balaban J connectivity index is 1.27. The fraction of sp³-hybridized carbons (Fsp3) is 0.464. The van der Waals surface area contributed by atoms with Gasteiger partial charge in [-0.15, -0.1) is 22.7 Å². The van der Waals surface area contributed by atoms with E-state index in [1.54, 1.807) is 0 Å². The molecule has 0 spiro atoms. The highest BCUT2D eigenvalue weighted by molar-refractivity contribution is 7.12. The number of ether oxygens (including phenoxy) is 1. The van der Waals surface area contributed by atoms with Crippen molar-refractivity contribution in [1.29, 1.82) is 0 Å². The molecule has 3 unspecified atom stereocenters. The van der Waals surface area contributed by atoms with Crippen LogP contribution in [0.15, 0.2) is 59.3 Å². The molecule has 2 bridgehead atoms. The average Bonchev–Trinajstić information content (AvgIpc) is 3.65. The lowest BCUT2D eigenvalue weighted by Crippen LogP contribution is -2.52. The number of halogens is 1. The minimum Gasteiger partial charge on any atom is -0.459 e. The van der Waals surface area contributed by atoms with Crippen molar-refractivity contribution in [2.75, 3.05) is 20.6 Å². The first-order valence-electron chi connectivity index (χ1n) is 12.4. The third-order valence-electron chi connectivity index (χ3n) is 8.13. The Kier molecular flexibility index (Phi) is 7.12. The third-order valence-corrected chi connectivity index (χ3v) is 10.5. The van der Waals surface area contributed by atoms with Crippen LogP contribution in [0.5, 0.6) is 0 Å². The molecule has 186 valence electrons. The summed E-state index contributed by atoms with van der Waals surface area (Å²) in [4.78, 5) is 14.8. The van der Waals surface area contributed by atoms with Crippen molar-refractivity contribution < 1.29 is 19.1 Å². The maximum absolute atomic E-state index is 13.6. The van der Waals surface area contributed by atoms with Crippen LogP contribution in [0.25, 0.3) is 0 Å². The molecule has 2 heterocycles. The van der Waals surface area contributed by atoms with Crippen LogP contribution in [-0.4, -0.2) is 48.3 Å². The topological polar surface area (TPSA) is 46.5 Å². The Labute approximate surface area is 220 Å². The maximum atomic E-state index is 13.6. The molecule has 3 aromatic rings. The van der Waals surface area contributed by atoms with Gasteiger partial charge in [0.25, 0.3) is 0 Å². The first-order valence-corrected chi connectivity index (χ1v) is 14.5. The maximum Gasteiger partial charge on any atom is 0.349 e. The van der Waals surface area contributed by atoms with Crippen molar-refractivity contribution in [2.24, 2.45) is 11.8 Å². The zero-order valence-electron chi connectivity index (χ0n) is 20.2. The number of aryl methyl sites for hydroxylation is 1. The van der Waals surface area contributed by atoms with Crippen LogP contribution in [-0.2, 0) is 21.6 Å². The van der Waals surface area contributed by atoms with E-state index in [1.807, 2.05) is 53.2 Å². The highest BCUT2D eigenvalue weighted by atomic mass is 35.5. The molecule has 0 amide bonds. The number of nitrogens with zero attached hydrogens (tertiary/aromatic N) is 1. The molecule has 1 aromatic carbocycles. The summed E-state index contributed by atoms with van der Waals surface area (Å²) in [5.41, 5.74) is -0.533. The number of aliphatic hydroxyl groups is 1. The number of quaternary nitrogens is 1. The van der Waals surface area contributed by atoms with Gasteiger partial charge in [-0.2, -0.15) is 0 Å². The number of fused-ring (bicyclic) bond motifs is 2. The monoisotopic (exact) mass is 530 g/mol. The molecular formula is C28H33ClNO3S2+. The van der Waals surface area contributed by atoms with Crippen molar-refractivity contribution >= 4 is 40.2 Å². The van der Waals surface area contributed by atoms with Crippen molar-refractivity contribution in [3.05, 3.63) is 79.6 Å². The number of rotatable bonds is 9. The number of thiophene rings is 2. The van der Waals surface area contributed by atoms with E-state index < -0.39 is 11.6 Å². The van der Waals surface area contributed by atoms with E-state index in [9.17, 15) is 9.90 Å². The molecule has 2 aliphatic rings. The molecule has 0 radical (unpaired) electrons. The molecule has 5 rings (SSSR count). The van der Waals surface area contributed by atoms with Gasteiger partial charge in [-0.3, -0.25) is 0 Å². The molecule has 7 heteroatoms. The fourth-order valence-corrected chi connectivity index (χ4v) is 8.21. The van der Waals surface area contributed by atoms with Gasteiger partial charge in [0.05, 0.1) is 36.4 Å². The lowest BCUT2D eigenvalue weighted by Gasteiger charge is -2.40. The van der Waals surface area contributed by atoms with E-state index in [1.165, 1.54) is 28.2 Å². The fourth-order valence-electron chi connectivity index (χ4n) is 6.26. The SMILES string of the molecule is C[N+](C)(CCCc1ccccc1Cl)[C@H]1CC2CCC1C2OC(=O)C(O)(c1cccs1)c1cccs1. The van der Waals surface area contributed by atoms with E-state index in [4.69, 9.17) is 16.3 Å². The summed E-state index contributed by atoms with van der Waals surface area (Å²) in [6.45, 7) is 1.05. The van der Waals surface area contributed by atoms with Gasteiger partial charge < -0.3 is 14.3 Å².